The molecule has 18 heavy (non-hydrogen) atoms. The molecular formula is C13H16N4O. The number of nitrogen functional groups attached to an aromatic ring is 1. The lowest BCUT2D eigenvalue weighted by Gasteiger charge is -2.23. The third-order valence-electron chi connectivity index (χ3n) is 3.30. The minimum absolute atomic E-state index is 0.000703. The van der Waals surface area contributed by atoms with Gasteiger partial charge in [-0.2, -0.15) is 5.10 Å². The van der Waals surface area contributed by atoms with Crippen molar-refractivity contribution < 1.29 is 4.74 Å². The van der Waals surface area contributed by atoms with Gasteiger partial charge in [0, 0.05) is 12.0 Å². The van der Waals surface area contributed by atoms with Crippen LogP contribution in [0.5, 0.6) is 0 Å². The topological polar surface area (TPSA) is 76.9 Å². The Balaban J connectivity index is 2.13. The number of nitrogens with two attached hydrogens (primary N) is 1. The number of ether oxygens (including phenoxy) is 1. The first-order valence-corrected chi connectivity index (χ1v) is 6.20. The van der Waals surface area contributed by atoms with Crippen molar-refractivity contribution in [3.63, 3.8) is 0 Å². The summed E-state index contributed by atoms with van der Waals surface area (Å²) in [4.78, 5) is 0. The van der Waals surface area contributed by atoms with Gasteiger partial charge < -0.3 is 10.5 Å². The second-order valence-corrected chi connectivity index (χ2v) is 4.55. The molecule has 1 aromatic carbocycles. The van der Waals surface area contributed by atoms with Crippen molar-refractivity contribution in [3.05, 3.63) is 30.0 Å². The smallest absolute Gasteiger partial charge is 0.150 e. The molecule has 0 aliphatic carbocycles. The Kier molecular flexibility index (Phi) is 2.76. The summed E-state index contributed by atoms with van der Waals surface area (Å²) in [7, 11) is 0. The van der Waals surface area contributed by atoms with E-state index in [2.05, 4.69) is 5.10 Å². The monoisotopic (exact) mass is 244 g/mol. The molecule has 0 amide bonds. The second-order valence-electron chi connectivity index (χ2n) is 4.55. The van der Waals surface area contributed by atoms with Crippen LogP contribution < -0.4 is 5.73 Å². The zero-order valence-electron chi connectivity index (χ0n) is 10.1. The fraction of sp³-hybridized carbons (Fsp3) is 0.385. The number of hydrogen-bond acceptors (Lipinski definition) is 3. The van der Waals surface area contributed by atoms with E-state index < -0.39 is 0 Å². The third kappa shape index (κ3) is 1.76. The molecule has 3 rings (SSSR count). The Morgan fingerprint density at radius 1 is 1.39 bits per heavy atom. The lowest BCUT2D eigenvalue weighted by Crippen LogP contribution is -2.20. The molecule has 1 unspecified atom stereocenters. The molecule has 94 valence electrons. The zero-order chi connectivity index (χ0) is 12.5. The van der Waals surface area contributed by atoms with Gasteiger partial charge in [0.05, 0.1) is 5.52 Å². The molecule has 0 spiro atoms. The molecule has 2 heterocycles. The van der Waals surface area contributed by atoms with Gasteiger partial charge in [0.2, 0.25) is 0 Å². The Morgan fingerprint density at radius 2 is 2.22 bits per heavy atom. The number of benzene rings is 1. The number of nitrogens with zero attached hydrogens (tertiary/aromatic N) is 2. The van der Waals surface area contributed by atoms with Gasteiger partial charge in [-0.3, -0.25) is 5.41 Å². The molecule has 0 saturated carbocycles. The van der Waals surface area contributed by atoms with Crippen molar-refractivity contribution in [2.45, 2.75) is 25.5 Å². The van der Waals surface area contributed by atoms with E-state index in [1.54, 1.807) is 0 Å². The van der Waals surface area contributed by atoms with E-state index >= 15 is 0 Å². The fourth-order valence-electron chi connectivity index (χ4n) is 2.42. The van der Waals surface area contributed by atoms with Crippen molar-refractivity contribution in [1.29, 1.82) is 5.41 Å². The average molecular weight is 244 g/mol. The van der Waals surface area contributed by atoms with Gasteiger partial charge in [-0.05, 0) is 25.3 Å². The van der Waals surface area contributed by atoms with E-state index in [1.807, 2.05) is 28.9 Å². The van der Waals surface area contributed by atoms with Crippen LogP contribution in [-0.2, 0) is 4.74 Å². The molecule has 1 aromatic heterocycles. The van der Waals surface area contributed by atoms with Crippen LogP contribution in [0.25, 0.3) is 10.9 Å². The molecule has 0 radical (unpaired) electrons. The summed E-state index contributed by atoms with van der Waals surface area (Å²) in [6.07, 6.45) is 3.18. The highest BCUT2D eigenvalue weighted by Gasteiger charge is 2.21. The predicted molar refractivity (Wildman–Crippen MR) is 69.6 cm³/mol. The van der Waals surface area contributed by atoms with Gasteiger partial charge in [-0.1, -0.05) is 18.2 Å². The van der Waals surface area contributed by atoms with Gasteiger partial charge in [0.15, 0.2) is 6.23 Å². The molecule has 5 nitrogen and oxygen atoms in total. The van der Waals surface area contributed by atoms with Crippen LogP contribution in [0.15, 0.2) is 24.3 Å². The summed E-state index contributed by atoms with van der Waals surface area (Å²) in [6, 6.07) is 7.83. The molecule has 1 saturated heterocycles. The highest BCUT2D eigenvalue weighted by atomic mass is 16.5. The molecule has 0 bridgehead atoms. The standard InChI is InChI=1S/C13H16N4O/c14-13(15)12-9-5-1-2-6-10(9)17(16-12)11-7-3-4-8-18-11/h1-2,5-6,11H,3-4,7-8H2,(H3,14,15). The molecule has 1 fully saturated rings. The number of para-hydroxylation sites is 1. The first kappa shape index (κ1) is 11.2. The summed E-state index contributed by atoms with van der Waals surface area (Å²) in [5.41, 5.74) is 7.11. The molecular weight excluding hydrogens is 228 g/mol. The number of amidine groups is 1. The zero-order valence-corrected chi connectivity index (χ0v) is 10.1. The van der Waals surface area contributed by atoms with Crippen molar-refractivity contribution in [2.24, 2.45) is 5.73 Å². The van der Waals surface area contributed by atoms with Crippen LogP contribution in [-0.4, -0.2) is 22.2 Å². The van der Waals surface area contributed by atoms with Gasteiger partial charge in [-0.25, -0.2) is 4.68 Å². The lowest BCUT2D eigenvalue weighted by atomic mass is 10.1. The first-order chi connectivity index (χ1) is 8.77. The summed E-state index contributed by atoms with van der Waals surface area (Å²) in [6.45, 7) is 0.772. The van der Waals surface area contributed by atoms with E-state index in [0.717, 1.165) is 36.8 Å². The van der Waals surface area contributed by atoms with Crippen LogP contribution in [0.3, 0.4) is 0 Å². The minimum Gasteiger partial charge on any atom is -0.382 e. The maximum Gasteiger partial charge on any atom is 0.150 e. The number of aromatic nitrogens is 2. The lowest BCUT2D eigenvalue weighted by molar-refractivity contribution is -0.0367. The maximum atomic E-state index is 7.61. The molecule has 1 atom stereocenters. The molecule has 5 heteroatoms. The van der Waals surface area contributed by atoms with Crippen LogP contribution >= 0.6 is 0 Å². The van der Waals surface area contributed by atoms with Gasteiger partial charge in [0.25, 0.3) is 0 Å². The quantitative estimate of drug-likeness (QED) is 0.626. The highest BCUT2D eigenvalue weighted by Crippen LogP contribution is 2.27. The van der Waals surface area contributed by atoms with Crippen LogP contribution in [0.2, 0.25) is 0 Å². The van der Waals surface area contributed by atoms with E-state index in [4.69, 9.17) is 15.9 Å². The Bertz CT molecular complexity index is 584. The summed E-state index contributed by atoms with van der Waals surface area (Å²) in [5, 5.41) is 13.0. The van der Waals surface area contributed by atoms with Gasteiger partial charge in [-0.15, -0.1) is 0 Å². The predicted octanol–water partition coefficient (Wildman–Crippen LogP) is 2.02. The van der Waals surface area contributed by atoms with E-state index in [-0.39, 0.29) is 12.1 Å². The van der Waals surface area contributed by atoms with Crippen molar-refractivity contribution >= 4 is 16.7 Å². The highest BCUT2D eigenvalue weighted by molar-refractivity contribution is 6.05. The minimum atomic E-state index is -0.0308. The maximum absolute atomic E-state index is 7.61. The summed E-state index contributed by atoms with van der Waals surface area (Å²) < 4.78 is 7.62. The first-order valence-electron chi connectivity index (χ1n) is 6.20. The molecule has 3 N–H and O–H groups in total. The third-order valence-corrected chi connectivity index (χ3v) is 3.30. The number of nitrogens with one attached hydrogen (secondary N) is 1. The molecule has 1 aliphatic rings. The van der Waals surface area contributed by atoms with Crippen LogP contribution in [0.1, 0.15) is 31.2 Å². The number of fused-ring (bicyclic) bond motifs is 1. The van der Waals surface area contributed by atoms with Gasteiger partial charge in [0.1, 0.15) is 11.5 Å². The van der Waals surface area contributed by atoms with Crippen LogP contribution in [0, 0.1) is 5.41 Å². The van der Waals surface area contributed by atoms with Crippen molar-refractivity contribution in [1.82, 2.24) is 9.78 Å². The normalized spacial score (nSPS) is 20.1. The fourth-order valence-corrected chi connectivity index (χ4v) is 2.42. The van der Waals surface area contributed by atoms with E-state index in [9.17, 15) is 0 Å². The Labute approximate surface area is 105 Å². The van der Waals surface area contributed by atoms with Crippen LogP contribution in [0.4, 0.5) is 0 Å². The van der Waals surface area contributed by atoms with Gasteiger partial charge >= 0.3 is 0 Å². The SMILES string of the molecule is N=C(N)c1nn(C2CCCCO2)c2ccccc12. The van der Waals surface area contributed by atoms with Crippen molar-refractivity contribution in [3.8, 4) is 0 Å². The molecule has 1 aliphatic heterocycles. The summed E-state index contributed by atoms with van der Waals surface area (Å²) in [5.74, 6) is 0.000703. The average Bonchev–Trinajstić information content (AvgIpc) is 2.79. The van der Waals surface area contributed by atoms with E-state index in [1.165, 1.54) is 0 Å². The number of rotatable bonds is 2. The Morgan fingerprint density at radius 3 is 2.94 bits per heavy atom. The molecule has 2 aromatic rings. The Hall–Kier alpha value is -1.88. The number of hydrogen-bond donors (Lipinski definition) is 2. The largest absolute Gasteiger partial charge is 0.382 e. The second kappa shape index (κ2) is 4.42. The summed E-state index contributed by atoms with van der Waals surface area (Å²) >= 11 is 0. The van der Waals surface area contributed by atoms with Crippen molar-refractivity contribution in [2.75, 3.05) is 6.61 Å². The van der Waals surface area contributed by atoms with E-state index in [0.29, 0.717) is 5.69 Å².